The lowest BCUT2D eigenvalue weighted by Gasteiger charge is -2.11. The van der Waals surface area contributed by atoms with Gasteiger partial charge in [0.2, 0.25) is 10.0 Å². The summed E-state index contributed by atoms with van der Waals surface area (Å²) in [5.41, 5.74) is 1.24. The van der Waals surface area contributed by atoms with Crippen molar-refractivity contribution in [2.75, 3.05) is 12.0 Å². The molecule has 21 heavy (non-hydrogen) atoms. The summed E-state index contributed by atoms with van der Waals surface area (Å²) in [5, 5.41) is 10.6. The molecular formula is C9H11F3N4O4S. The minimum absolute atomic E-state index is 0.302. The molecule has 1 aromatic carbocycles. The van der Waals surface area contributed by atoms with Crippen molar-refractivity contribution < 1.29 is 26.5 Å². The lowest BCUT2D eigenvalue weighted by molar-refractivity contribution is -0.384. The largest absolute Gasteiger partial charge is 0.390 e. The number of alkyl halides is 3. The first-order chi connectivity index (χ1) is 9.57. The Morgan fingerprint density at radius 2 is 1.95 bits per heavy atom. The molecule has 0 aliphatic rings. The maximum absolute atomic E-state index is 12.0. The standard InChI is InChI=1S/C9H11F3N4O4S/c10-9(11,12)3-4-14-21(19,20)8-2-1-6(16(17)18)5-7(8)15-13/h1-2,5,14-15H,3-4,13H2. The zero-order chi connectivity index (χ0) is 16.3. The molecule has 0 fully saturated rings. The van der Waals surface area contributed by atoms with Crippen molar-refractivity contribution in [1.82, 2.24) is 4.72 Å². The molecule has 1 aromatic rings. The lowest BCUT2D eigenvalue weighted by Crippen LogP contribution is -2.29. The maximum Gasteiger partial charge on any atom is 0.390 e. The van der Waals surface area contributed by atoms with Crippen LogP contribution in [0.5, 0.6) is 0 Å². The fraction of sp³-hybridized carbons (Fsp3) is 0.333. The smallest absolute Gasteiger partial charge is 0.323 e. The van der Waals surface area contributed by atoms with E-state index in [0.717, 1.165) is 18.2 Å². The number of nitrogens with one attached hydrogen (secondary N) is 2. The molecule has 0 unspecified atom stereocenters. The number of anilines is 1. The summed E-state index contributed by atoms with van der Waals surface area (Å²) < 4.78 is 61.3. The van der Waals surface area contributed by atoms with E-state index in [0.29, 0.717) is 0 Å². The molecule has 0 aliphatic carbocycles. The van der Waals surface area contributed by atoms with Gasteiger partial charge >= 0.3 is 6.18 Å². The molecule has 118 valence electrons. The van der Waals surface area contributed by atoms with Gasteiger partial charge in [-0.15, -0.1) is 0 Å². The first kappa shape index (κ1) is 17.1. The molecule has 1 rings (SSSR count). The van der Waals surface area contributed by atoms with Gasteiger partial charge in [0, 0.05) is 18.7 Å². The molecule has 0 atom stereocenters. The van der Waals surface area contributed by atoms with Gasteiger partial charge in [0.15, 0.2) is 0 Å². The van der Waals surface area contributed by atoms with Crippen molar-refractivity contribution in [2.45, 2.75) is 17.5 Å². The summed E-state index contributed by atoms with van der Waals surface area (Å²) in [6.45, 7) is -0.854. The van der Waals surface area contributed by atoms with E-state index in [1.165, 1.54) is 0 Å². The van der Waals surface area contributed by atoms with E-state index >= 15 is 0 Å². The van der Waals surface area contributed by atoms with Crippen LogP contribution in [0.3, 0.4) is 0 Å². The van der Waals surface area contributed by atoms with Crippen LogP contribution < -0.4 is 16.0 Å². The Hall–Kier alpha value is -1.92. The number of benzene rings is 1. The van der Waals surface area contributed by atoms with Crippen LogP contribution in [0, 0.1) is 10.1 Å². The van der Waals surface area contributed by atoms with Crippen LogP contribution in [-0.2, 0) is 10.0 Å². The van der Waals surface area contributed by atoms with Crippen molar-refractivity contribution >= 4 is 21.4 Å². The predicted octanol–water partition coefficient (Wildman–Crippen LogP) is 1.11. The number of hydrazine groups is 1. The molecule has 0 radical (unpaired) electrons. The molecule has 0 spiro atoms. The number of hydrogen-bond acceptors (Lipinski definition) is 6. The Morgan fingerprint density at radius 1 is 1.33 bits per heavy atom. The molecular weight excluding hydrogens is 317 g/mol. The average molecular weight is 328 g/mol. The normalized spacial score (nSPS) is 12.2. The van der Waals surface area contributed by atoms with E-state index in [1.807, 2.05) is 5.43 Å². The number of rotatable bonds is 6. The topological polar surface area (TPSA) is 127 Å². The predicted molar refractivity (Wildman–Crippen MR) is 66.8 cm³/mol. The molecule has 0 aliphatic heterocycles. The monoisotopic (exact) mass is 328 g/mol. The highest BCUT2D eigenvalue weighted by molar-refractivity contribution is 7.89. The van der Waals surface area contributed by atoms with Gasteiger partial charge in [0.25, 0.3) is 5.69 Å². The zero-order valence-electron chi connectivity index (χ0n) is 10.3. The third-order valence-corrected chi connectivity index (χ3v) is 3.84. The Bertz CT molecular complexity index is 632. The van der Waals surface area contributed by atoms with Crippen molar-refractivity contribution in [3.63, 3.8) is 0 Å². The van der Waals surface area contributed by atoms with E-state index < -0.39 is 44.7 Å². The van der Waals surface area contributed by atoms with Crippen LogP contribution in [0.25, 0.3) is 0 Å². The third-order valence-electron chi connectivity index (χ3n) is 2.32. The SMILES string of the molecule is NNc1cc([N+](=O)[O-])ccc1S(=O)(=O)NCCC(F)(F)F. The Morgan fingerprint density at radius 3 is 2.43 bits per heavy atom. The molecule has 0 saturated carbocycles. The van der Waals surface area contributed by atoms with Gasteiger partial charge in [-0.1, -0.05) is 0 Å². The van der Waals surface area contributed by atoms with Crippen molar-refractivity contribution in [1.29, 1.82) is 0 Å². The van der Waals surface area contributed by atoms with E-state index in [1.54, 1.807) is 4.72 Å². The zero-order valence-corrected chi connectivity index (χ0v) is 11.2. The highest BCUT2D eigenvalue weighted by atomic mass is 32.2. The van der Waals surface area contributed by atoms with Crippen LogP contribution in [0.15, 0.2) is 23.1 Å². The molecule has 12 heteroatoms. The minimum atomic E-state index is -4.51. The number of sulfonamides is 1. The Balaban J connectivity index is 3.00. The highest BCUT2D eigenvalue weighted by Crippen LogP contribution is 2.26. The number of halogens is 3. The minimum Gasteiger partial charge on any atom is -0.323 e. The number of hydrogen-bond donors (Lipinski definition) is 3. The van der Waals surface area contributed by atoms with Crippen LogP contribution in [0.4, 0.5) is 24.5 Å². The summed E-state index contributed by atoms with van der Waals surface area (Å²) in [7, 11) is -4.28. The van der Waals surface area contributed by atoms with E-state index in [9.17, 15) is 31.7 Å². The Labute approximate surface area is 117 Å². The van der Waals surface area contributed by atoms with Gasteiger partial charge < -0.3 is 5.43 Å². The van der Waals surface area contributed by atoms with Crippen molar-refractivity contribution in [2.24, 2.45) is 5.84 Å². The summed E-state index contributed by atoms with van der Waals surface area (Å²) in [4.78, 5) is 9.30. The molecule has 0 bridgehead atoms. The second-order valence-electron chi connectivity index (χ2n) is 3.84. The summed E-state index contributed by atoms with van der Waals surface area (Å²) in [6, 6.07) is 2.64. The van der Waals surface area contributed by atoms with Crippen LogP contribution in [0.1, 0.15) is 6.42 Å². The van der Waals surface area contributed by atoms with Gasteiger partial charge in [-0.3, -0.25) is 16.0 Å². The first-order valence-corrected chi connectivity index (χ1v) is 6.86. The van der Waals surface area contributed by atoms with Crippen LogP contribution in [-0.4, -0.2) is 26.1 Å². The van der Waals surface area contributed by atoms with Crippen LogP contribution in [0.2, 0.25) is 0 Å². The van der Waals surface area contributed by atoms with E-state index in [4.69, 9.17) is 5.84 Å². The average Bonchev–Trinajstić information content (AvgIpc) is 2.35. The first-order valence-electron chi connectivity index (χ1n) is 5.38. The fourth-order valence-corrected chi connectivity index (χ4v) is 2.56. The van der Waals surface area contributed by atoms with Gasteiger partial charge in [0.05, 0.1) is 17.0 Å². The Kier molecular flexibility index (Phi) is 5.09. The number of nitro groups is 1. The second kappa shape index (κ2) is 6.24. The lowest BCUT2D eigenvalue weighted by atomic mass is 10.3. The number of nitro benzene ring substituents is 1. The molecule has 8 nitrogen and oxygen atoms in total. The molecule has 0 heterocycles. The molecule has 4 N–H and O–H groups in total. The summed E-state index contributed by atoms with van der Waals surface area (Å²) in [6.07, 6.45) is -5.85. The molecule has 0 aromatic heterocycles. The number of nitrogens with two attached hydrogens (primary N) is 1. The summed E-state index contributed by atoms with van der Waals surface area (Å²) in [5.74, 6) is 5.07. The quantitative estimate of drug-likeness (QED) is 0.408. The van der Waals surface area contributed by atoms with Crippen LogP contribution >= 0.6 is 0 Å². The second-order valence-corrected chi connectivity index (χ2v) is 5.58. The molecule has 0 amide bonds. The number of nitrogen functional groups attached to an aromatic ring is 1. The number of non-ortho nitro benzene ring substituents is 1. The van der Waals surface area contributed by atoms with Crippen molar-refractivity contribution in [3.8, 4) is 0 Å². The van der Waals surface area contributed by atoms with Crippen molar-refractivity contribution in [3.05, 3.63) is 28.3 Å². The van der Waals surface area contributed by atoms with Gasteiger partial charge in [0.1, 0.15) is 4.90 Å². The molecule has 0 saturated heterocycles. The third kappa shape index (κ3) is 4.84. The number of nitrogens with zero attached hydrogens (tertiary/aromatic N) is 1. The van der Waals surface area contributed by atoms with Gasteiger partial charge in [-0.25, -0.2) is 13.1 Å². The maximum atomic E-state index is 12.0. The summed E-state index contributed by atoms with van der Waals surface area (Å²) >= 11 is 0. The highest BCUT2D eigenvalue weighted by Gasteiger charge is 2.28. The van der Waals surface area contributed by atoms with E-state index in [-0.39, 0.29) is 5.69 Å². The van der Waals surface area contributed by atoms with Gasteiger partial charge in [-0.05, 0) is 6.07 Å². The fourth-order valence-electron chi connectivity index (χ4n) is 1.38. The van der Waals surface area contributed by atoms with Gasteiger partial charge in [-0.2, -0.15) is 13.2 Å². The van der Waals surface area contributed by atoms with E-state index in [2.05, 4.69) is 0 Å².